The van der Waals surface area contributed by atoms with Gasteiger partial charge >= 0.3 is 0 Å². The zero-order valence-corrected chi connectivity index (χ0v) is 8.11. The average molecular weight is 159 g/mol. The van der Waals surface area contributed by atoms with Crippen LogP contribution in [0.25, 0.3) is 0 Å². The molecule has 0 aromatic carbocycles. The van der Waals surface area contributed by atoms with Crippen LogP contribution in [0, 0.1) is 0 Å². The fourth-order valence-electron chi connectivity index (χ4n) is 1.12. The molecule has 0 bridgehead atoms. The second-order valence-corrected chi connectivity index (χ2v) is 9.31. The first-order valence-electron chi connectivity index (χ1n) is 3.93. The summed E-state index contributed by atoms with van der Waals surface area (Å²) in [4.78, 5) is 0. The van der Waals surface area contributed by atoms with Crippen molar-refractivity contribution in [2.24, 2.45) is 0 Å². The van der Waals surface area contributed by atoms with E-state index in [-0.39, 0.29) is 0 Å². The molecule has 0 aromatic heterocycles. The van der Waals surface area contributed by atoms with Gasteiger partial charge in [0, 0.05) is 13.1 Å². The third-order valence-electron chi connectivity index (χ3n) is 1.89. The van der Waals surface area contributed by atoms with Crippen molar-refractivity contribution in [2.45, 2.75) is 25.4 Å². The van der Waals surface area contributed by atoms with Crippen LogP contribution in [0.2, 0.25) is 19.6 Å². The minimum Gasteiger partial charge on any atom is -0.379 e. The van der Waals surface area contributed by atoms with E-state index in [1.807, 2.05) is 0 Å². The maximum absolute atomic E-state index is 5.64. The number of hydrogen-bond acceptors (Lipinski definition) is 2. The Balaban J connectivity index is 2.39. The van der Waals surface area contributed by atoms with Crippen molar-refractivity contribution in [1.82, 2.24) is 5.32 Å². The highest BCUT2D eigenvalue weighted by atomic mass is 28.3. The van der Waals surface area contributed by atoms with Crippen LogP contribution in [0.1, 0.15) is 0 Å². The van der Waals surface area contributed by atoms with Crippen LogP contribution in [0.3, 0.4) is 0 Å². The van der Waals surface area contributed by atoms with Gasteiger partial charge in [-0.15, -0.1) is 0 Å². The van der Waals surface area contributed by atoms with Crippen molar-refractivity contribution in [3.8, 4) is 0 Å². The SMILES string of the molecule is C[Si](C)(C)C1CNCCO1. The quantitative estimate of drug-likeness (QED) is 0.573. The Bertz CT molecular complexity index is 105. The maximum atomic E-state index is 5.64. The predicted octanol–water partition coefficient (Wildman–Crippen LogP) is 0.852. The lowest BCUT2D eigenvalue weighted by Crippen LogP contribution is -2.51. The largest absolute Gasteiger partial charge is 0.379 e. The third-order valence-corrected chi connectivity index (χ3v) is 4.20. The highest BCUT2D eigenvalue weighted by molar-refractivity contribution is 6.77. The van der Waals surface area contributed by atoms with Crippen molar-refractivity contribution in [1.29, 1.82) is 0 Å². The Labute approximate surface area is 64.0 Å². The summed E-state index contributed by atoms with van der Waals surface area (Å²) in [5.41, 5.74) is 0.529. The van der Waals surface area contributed by atoms with Gasteiger partial charge in [0.05, 0.1) is 20.4 Å². The molecule has 1 atom stereocenters. The molecule has 1 aliphatic heterocycles. The lowest BCUT2D eigenvalue weighted by Gasteiger charge is -2.32. The lowest BCUT2D eigenvalue weighted by molar-refractivity contribution is 0.0729. The van der Waals surface area contributed by atoms with E-state index >= 15 is 0 Å². The van der Waals surface area contributed by atoms with E-state index in [4.69, 9.17) is 4.74 Å². The Morgan fingerprint density at radius 2 is 2.10 bits per heavy atom. The molecule has 10 heavy (non-hydrogen) atoms. The number of hydrogen-bond donors (Lipinski definition) is 1. The summed E-state index contributed by atoms with van der Waals surface area (Å²) in [7, 11) is -1.04. The van der Waals surface area contributed by atoms with Gasteiger partial charge in [-0.1, -0.05) is 19.6 Å². The molecular weight excluding hydrogens is 142 g/mol. The monoisotopic (exact) mass is 159 g/mol. The molecule has 1 rings (SSSR count). The van der Waals surface area contributed by atoms with Gasteiger partial charge in [-0.05, 0) is 0 Å². The van der Waals surface area contributed by atoms with E-state index < -0.39 is 8.07 Å². The molecule has 3 heteroatoms. The summed E-state index contributed by atoms with van der Waals surface area (Å²) in [5, 5.41) is 3.35. The first kappa shape index (κ1) is 8.24. The lowest BCUT2D eigenvalue weighted by atomic mass is 10.5. The third kappa shape index (κ3) is 2.07. The molecule has 1 N–H and O–H groups in total. The predicted molar refractivity (Wildman–Crippen MR) is 46.0 cm³/mol. The van der Waals surface area contributed by atoms with Crippen molar-refractivity contribution >= 4 is 8.07 Å². The van der Waals surface area contributed by atoms with Crippen molar-refractivity contribution in [3.63, 3.8) is 0 Å². The highest BCUT2D eigenvalue weighted by Gasteiger charge is 2.28. The molecule has 0 amide bonds. The van der Waals surface area contributed by atoms with Gasteiger partial charge in [0.2, 0.25) is 0 Å². The zero-order valence-electron chi connectivity index (χ0n) is 7.11. The fraction of sp³-hybridized carbons (Fsp3) is 1.00. The van der Waals surface area contributed by atoms with E-state index in [2.05, 4.69) is 25.0 Å². The Morgan fingerprint density at radius 3 is 2.40 bits per heavy atom. The van der Waals surface area contributed by atoms with Gasteiger partial charge in [-0.2, -0.15) is 0 Å². The molecule has 0 aliphatic carbocycles. The second-order valence-electron chi connectivity index (χ2n) is 3.93. The van der Waals surface area contributed by atoms with E-state index in [9.17, 15) is 0 Å². The average Bonchev–Trinajstić information content (AvgIpc) is 1.88. The number of rotatable bonds is 1. The van der Waals surface area contributed by atoms with E-state index in [1.54, 1.807) is 0 Å². The molecule has 1 unspecified atom stereocenters. The minimum atomic E-state index is -1.04. The summed E-state index contributed by atoms with van der Waals surface area (Å²) in [6.45, 7) is 10.0. The van der Waals surface area contributed by atoms with Crippen molar-refractivity contribution in [2.75, 3.05) is 19.7 Å². The van der Waals surface area contributed by atoms with E-state index in [1.165, 1.54) is 0 Å². The molecular formula is C7H17NOSi. The van der Waals surface area contributed by atoms with Gasteiger partial charge in [0.1, 0.15) is 0 Å². The molecule has 1 fully saturated rings. The Kier molecular flexibility index (Phi) is 2.49. The topological polar surface area (TPSA) is 21.3 Å². The molecule has 0 saturated carbocycles. The normalized spacial score (nSPS) is 28.5. The van der Waals surface area contributed by atoms with Gasteiger partial charge < -0.3 is 10.1 Å². The maximum Gasteiger partial charge on any atom is 0.0801 e. The summed E-state index contributed by atoms with van der Waals surface area (Å²) in [6, 6.07) is 0. The smallest absolute Gasteiger partial charge is 0.0801 e. The van der Waals surface area contributed by atoms with Gasteiger partial charge in [-0.25, -0.2) is 0 Å². The fourth-order valence-corrected chi connectivity index (χ4v) is 2.50. The standard InChI is InChI=1S/C7H17NOSi/c1-10(2,3)7-6-8-4-5-9-7/h7-8H,4-6H2,1-3H3. The summed E-state index contributed by atoms with van der Waals surface area (Å²) >= 11 is 0. The van der Waals surface area contributed by atoms with E-state index in [0.717, 1.165) is 19.7 Å². The first-order valence-corrected chi connectivity index (χ1v) is 7.51. The van der Waals surface area contributed by atoms with Crippen LogP contribution in [0.4, 0.5) is 0 Å². The van der Waals surface area contributed by atoms with Crippen LogP contribution < -0.4 is 5.32 Å². The van der Waals surface area contributed by atoms with Crippen molar-refractivity contribution < 1.29 is 4.74 Å². The van der Waals surface area contributed by atoms with E-state index in [0.29, 0.717) is 5.73 Å². The second kappa shape index (κ2) is 3.03. The Hall–Kier alpha value is 0.137. The molecule has 1 saturated heterocycles. The number of ether oxygens (including phenoxy) is 1. The van der Waals surface area contributed by atoms with Crippen LogP contribution in [-0.2, 0) is 4.74 Å². The molecule has 0 aromatic rings. The van der Waals surface area contributed by atoms with Crippen LogP contribution >= 0.6 is 0 Å². The zero-order chi connectivity index (χ0) is 7.61. The molecule has 0 spiro atoms. The minimum absolute atomic E-state index is 0.529. The first-order chi connectivity index (χ1) is 4.61. The molecule has 1 aliphatic rings. The molecule has 0 radical (unpaired) electrons. The summed E-state index contributed by atoms with van der Waals surface area (Å²) in [6.07, 6.45) is 0. The van der Waals surface area contributed by atoms with Gasteiger partial charge in [-0.3, -0.25) is 0 Å². The number of nitrogens with one attached hydrogen (secondary N) is 1. The van der Waals surface area contributed by atoms with Crippen molar-refractivity contribution in [3.05, 3.63) is 0 Å². The number of morpholine rings is 1. The molecule has 60 valence electrons. The van der Waals surface area contributed by atoms with Crippen LogP contribution in [-0.4, -0.2) is 33.5 Å². The van der Waals surface area contributed by atoms with Crippen LogP contribution in [0.5, 0.6) is 0 Å². The summed E-state index contributed by atoms with van der Waals surface area (Å²) in [5.74, 6) is 0. The summed E-state index contributed by atoms with van der Waals surface area (Å²) < 4.78 is 5.64. The molecule has 2 nitrogen and oxygen atoms in total. The van der Waals surface area contributed by atoms with Gasteiger partial charge in [0.15, 0.2) is 0 Å². The van der Waals surface area contributed by atoms with Gasteiger partial charge in [0.25, 0.3) is 0 Å². The Morgan fingerprint density at radius 1 is 1.40 bits per heavy atom. The van der Waals surface area contributed by atoms with Crippen LogP contribution in [0.15, 0.2) is 0 Å². The molecule has 1 heterocycles. The highest BCUT2D eigenvalue weighted by Crippen LogP contribution is 2.12.